The molecule has 0 spiro atoms. The van der Waals surface area contributed by atoms with Gasteiger partial charge in [-0.25, -0.2) is 4.79 Å². The van der Waals surface area contributed by atoms with Crippen LogP contribution in [0, 0.1) is 6.92 Å². The van der Waals surface area contributed by atoms with E-state index in [1.165, 1.54) is 6.07 Å². The molecule has 0 saturated heterocycles. The highest BCUT2D eigenvalue weighted by Gasteiger charge is 2.30. The van der Waals surface area contributed by atoms with Crippen molar-refractivity contribution in [2.45, 2.75) is 45.6 Å². The summed E-state index contributed by atoms with van der Waals surface area (Å²) in [5.41, 5.74) is 1.05. The highest BCUT2D eigenvalue weighted by molar-refractivity contribution is 5.91. The number of benzene rings is 1. The predicted octanol–water partition coefficient (Wildman–Crippen LogP) is 0.840. The molecule has 1 aliphatic heterocycles. The zero-order valence-corrected chi connectivity index (χ0v) is 16.0. The third-order valence-electron chi connectivity index (χ3n) is 4.61. The second-order valence-electron chi connectivity index (χ2n) is 7.43. The Morgan fingerprint density at radius 1 is 1.32 bits per heavy atom. The van der Waals surface area contributed by atoms with Gasteiger partial charge in [0.25, 0.3) is 5.91 Å². The normalized spacial score (nSPS) is 14.8. The van der Waals surface area contributed by atoms with Crippen molar-refractivity contribution >= 4 is 22.8 Å². The van der Waals surface area contributed by atoms with Gasteiger partial charge in [0, 0.05) is 36.6 Å². The molecule has 28 heavy (non-hydrogen) atoms. The number of carboxylic acids is 1. The minimum atomic E-state index is -1.24. The van der Waals surface area contributed by atoms with E-state index in [0.29, 0.717) is 34.5 Å². The summed E-state index contributed by atoms with van der Waals surface area (Å²) in [6.07, 6.45) is 1.18. The number of carbonyl (C=O) groups is 2. The number of amides is 1. The molecular weight excluding hydrogens is 366 g/mol. The van der Waals surface area contributed by atoms with E-state index in [4.69, 9.17) is 13.9 Å². The van der Waals surface area contributed by atoms with Crippen LogP contribution in [-0.4, -0.2) is 30.6 Å². The summed E-state index contributed by atoms with van der Waals surface area (Å²) in [7, 11) is 0. The van der Waals surface area contributed by atoms with E-state index in [-0.39, 0.29) is 25.2 Å². The standard InChI is InChI=1S/C20H23NO7/c1-11-8-17(25)27-19-12-4-6-20(2,3)28-13(12)9-14(18(11)19)26-10-15(22)21-7-5-16(23)24/h8-9H,4-7,10H2,1-3H3,(H,21,22)(H,23,24)/p-1. The molecule has 1 N–H and O–H groups in total. The largest absolute Gasteiger partial charge is 0.550 e. The van der Waals surface area contributed by atoms with Crippen LogP contribution < -0.4 is 25.5 Å². The van der Waals surface area contributed by atoms with Gasteiger partial charge in [-0.3, -0.25) is 4.79 Å². The third kappa shape index (κ3) is 4.27. The lowest BCUT2D eigenvalue weighted by Gasteiger charge is -2.33. The molecule has 0 saturated carbocycles. The van der Waals surface area contributed by atoms with Gasteiger partial charge in [0.15, 0.2) is 6.61 Å². The molecule has 1 aromatic heterocycles. The van der Waals surface area contributed by atoms with Gasteiger partial charge in [0.1, 0.15) is 22.7 Å². The zero-order chi connectivity index (χ0) is 20.5. The number of rotatable bonds is 6. The monoisotopic (exact) mass is 388 g/mol. The van der Waals surface area contributed by atoms with E-state index < -0.39 is 17.5 Å². The molecule has 2 aromatic rings. The molecular formula is C20H22NO7-. The average Bonchev–Trinajstić information content (AvgIpc) is 2.57. The Kier molecular flexibility index (Phi) is 5.31. The van der Waals surface area contributed by atoms with Crippen molar-refractivity contribution in [1.82, 2.24) is 5.32 Å². The van der Waals surface area contributed by atoms with Crippen molar-refractivity contribution in [3.63, 3.8) is 0 Å². The van der Waals surface area contributed by atoms with Gasteiger partial charge in [-0.2, -0.15) is 0 Å². The summed E-state index contributed by atoms with van der Waals surface area (Å²) in [5, 5.41) is 13.5. The van der Waals surface area contributed by atoms with Gasteiger partial charge in [0.2, 0.25) is 0 Å². The lowest BCUT2D eigenvalue weighted by atomic mass is 9.92. The van der Waals surface area contributed by atoms with Crippen LogP contribution in [0.5, 0.6) is 11.5 Å². The quantitative estimate of drug-likeness (QED) is 0.729. The van der Waals surface area contributed by atoms with E-state index in [0.717, 1.165) is 12.0 Å². The van der Waals surface area contributed by atoms with Crippen molar-refractivity contribution in [2.24, 2.45) is 0 Å². The fraction of sp³-hybridized carbons (Fsp3) is 0.450. The molecule has 0 unspecified atom stereocenters. The molecule has 150 valence electrons. The van der Waals surface area contributed by atoms with Crippen molar-refractivity contribution in [1.29, 1.82) is 0 Å². The number of hydrogen-bond donors (Lipinski definition) is 1. The first-order valence-corrected chi connectivity index (χ1v) is 9.05. The number of aryl methyl sites for hydroxylation is 2. The molecule has 3 rings (SSSR count). The highest BCUT2D eigenvalue weighted by atomic mass is 16.5. The Hall–Kier alpha value is -3.03. The molecule has 8 nitrogen and oxygen atoms in total. The van der Waals surface area contributed by atoms with Crippen LogP contribution in [0.2, 0.25) is 0 Å². The highest BCUT2D eigenvalue weighted by Crippen LogP contribution is 2.42. The molecule has 0 atom stereocenters. The minimum Gasteiger partial charge on any atom is -0.550 e. The summed E-state index contributed by atoms with van der Waals surface area (Å²) in [6, 6.07) is 3.08. The first-order valence-electron chi connectivity index (χ1n) is 9.05. The number of ether oxygens (including phenoxy) is 2. The van der Waals surface area contributed by atoms with Gasteiger partial charge in [-0.05, 0) is 39.2 Å². The summed E-state index contributed by atoms with van der Waals surface area (Å²) in [6.45, 7) is 5.35. The van der Waals surface area contributed by atoms with E-state index in [9.17, 15) is 19.5 Å². The molecule has 0 bridgehead atoms. The van der Waals surface area contributed by atoms with Gasteiger partial charge in [0.05, 0.1) is 5.39 Å². The van der Waals surface area contributed by atoms with Crippen LogP contribution in [0.3, 0.4) is 0 Å². The summed E-state index contributed by atoms with van der Waals surface area (Å²) in [4.78, 5) is 34.2. The van der Waals surface area contributed by atoms with Crippen molar-refractivity contribution < 1.29 is 28.6 Å². The third-order valence-corrected chi connectivity index (χ3v) is 4.61. The van der Waals surface area contributed by atoms with Gasteiger partial charge < -0.3 is 29.1 Å². The fourth-order valence-corrected chi connectivity index (χ4v) is 3.23. The number of aliphatic carboxylic acids is 1. The Morgan fingerprint density at radius 3 is 2.79 bits per heavy atom. The van der Waals surface area contributed by atoms with Crippen LogP contribution in [0.15, 0.2) is 21.3 Å². The van der Waals surface area contributed by atoms with Crippen LogP contribution in [0.25, 0.3) is 11.0 Å². The Morgan fingerprint density at radius 2 is 2.07 bits per heavy atom. The van der Waals surface area contributed by atoms with Gasteiger partial charge in [-0.15, -0.1) is 0 Å². The van der Waals surface area contributed by atoms with E-state index in [1.807, 2.05) is 13.8 Å². The SMILES string of the molecule is Cc1cc(=O)oc2c3c(cc(OCC(=O)NCCC(=O)[O-])c12)OC(C)(C)CC3. The summed E-state index contributed by atoms with van der Waals surface area (Å²) in [5.74, 6) is -0.789. The maximum atomic E-state index is 11.9. The molecule has 0 radical (unpaired) electrons. The smallest absolute Gasteiger partial charge is 0.336 e. The van der Waals surface area contributed by atoms with Crippen LogP contribution in [-0.2, 0) is 16.0 Å². The van der Waals surface area contributed by atoms with Crippen LogP contribution in [0.1, 0.15) is 37.8 Å². The Balaban J connectivity index is 1.92. The lowest BCUT2D eigenvalue weighted by Crippen LogP contribution is -2.34. The maximum Gasteiger partial charge on any atom is 0.336 e. The first-order chi connectivity index (χ1) is 13.2. The van der Waals surface area contributed by atoms with E-state index in [2.05, 4.69) is 5.32 Å². The van der Waals surface area contributed by atoms with Crippen LogP contribution >= 0.6 is 0 Å². The molecule has 2 heterocycles. The van der Waals surface area contributed by atoms with Crippen molar-refractivity contribution in [2.75, 3.05) is 13.2 Å². The Labute approximate surface area is 161 Å². The zero-order valence-electron chi connectivity index (χ0n) is 16.0. The Bertz CT molecular complexity index is 990. The second-order valence-corrected chi connectivity index (χ2v) is 7.43. The van der Waals surface area contributed by atoms with Gasteiger partial charge >= 0.3 is 5.63 Å². The lowest BCUT2D eigenvalue weighted by molar-refractivity contribution is -0.305. The number of carbonyl (C=O) groups excluding carboxylic acids is 2. The molecule has 0 aliphatic carbocycles. The maximum absolute atomic E-state index is 11.9. The van der Waals surface area contributed by atoms with E-state index >= 15 is 0 Å². The molecule has 1 aromatic carbocycles. The second kappa shape index (κ2) is 7.53. The summed E-state index contributed by atoms with van der Waals surface area (Å²) >= 11 is 0. The number of nitrogens with one attached hydrogen (secondary N) is 1. The minimum absolute atomic E-state index is 0.0410. The van der Waals surface area contributed by atoms with Gasteiger partial charge in [-0.1, -0.05) is 0 Å². The topological polar surface area (TPSA) is 118 Å². The first kappa shape index (κ1) is 19.7. The number of carboxylic acid groups (broad SMARTS) is 1. The molecule has 8 heteroatoms. The number of hydrogen-bond acceptors (Lipinski definition) is 7. The fourth-order valence-electron chi connectivity index (χ4n) is 3.23. The van der Waals surface area contributed by atoms with E-state index in [1.54, 1.807) is 13.0 Å². The van der Waals surface area contributed by atoms with Crippen molar-refractivity contribution in [3.05, 3.63) is 33.7 Å². The predicted molar refractivity (Wildman–Crippen MR) is 98.4 cm³/mol. The molecule has 1 aliphatic rings. The number of fused-ring (bicyclic) bond motifs is 3. The molecule has 1 amide bonds. The van der Waals surface area contributed by atoms with Crippen molar-refractivity contribution in [3.8, 4) is 11.5 Å². The molecule has 0 fully saturated rings. The summed E-state index contributed by atoms with van der Waals surface area (Å²) < 4.78 is 17.2. The average molecular weight is 388 g/mol. The van der Waals surface area contributed by atoms with Crippen LogP contribution in [0.4, 0.5) is 0 Å².